The third-order valence-electron chi connectivity index (χ3n) is 7.13. The topological polar surface area (TPSA) is 101 Å². The van der Waals surface area contributed by atoms with E-state index in [0.29, 0.717) is 54.4 Å². The molecule has 2 heterocycles. The molecular weight excluding hydrogens is 520 g/mol. The van der Waals surface area contributed by atoms with Crippen molar-refractivity contribution < 1.29 is 17.2 Å². The van der Waals surface area contributed by atoms with E-state index in [9.17, 15) is 17.2 Å². The fourth-order valence-corrected chi connectivity index (χ4v) is 6.22. The first-order valence-electron chi connectivity index (χ1n) is 12.7. The number of rotatable bonds is 7. The van der Waals surface area contributed by atoms with Crippen LogP contribution in [-0.4, -0.2) is 35.8 Å². The van der Waals surface area contributed by atoms with Crippen LogP contribution in [0.3, 0.4) is 0 Å². The van der Waals surface area contributed by atoms with Crippen LogP contribution in [0.25, 0.3) is 11.3 Å². The molecule has 7 nitrogen and oxygen atoms in total. The van der Waals surface area contributed by atoms with E-state index in [2.05, 4.69) is 15.3 Å². The Hall–Kier alpha value is -3.73. The number of aryl methyl sites for hydroxylation is 1. The molecule has 1 aliphatic heterocycles. The van der Waals surface area contributed by atoms with Gasteiger partial charge >= 0.3 is 0 Å². The number of sulfonamides is 1. The van der Waals surface area contributed by atoms with Crippen molar-refractivity contribution in [2.24, 2.45) is 11.7 Å². The second kappa shape index (κ2) is 11.2. The number of benzene rings is 3. The molecule has 0 aliphatic carbocycles. The lowest BCUT2D eigenvalue weighted by molar-refractivity contribution is 0.245. The Kier molecular flexibility index (Phi) is 7.69. The Morgan fingerprint density at radius 3 is 2.33 bits per heavy atom. The molecule has 0 saturated carbocycles. The van der Waals surface area contributed by atoms with Crippen LogP contribution < -0.4 is 11.1 Å². The zero-order valence-electron chi connectivity index (χ0n) is 21.4. The highest BCUT2D eigenvalue weighted by molar-refractivity contribution is 7.89. The van der Waals surface area contributed by atoms with Gasteiger partial charge in [-0.2, -0.15) is 4.31 Å². The summed E-state index contributed by atoms with van der Waals surface area (Å²) in [6.07, 6.45) is 2.82. The van der Waals surface area contributed by atoms with E-state index in [1.807, 2.05) is 0 Å². The highest BCUT2D eigenvalue weighted by atomic mass is 32.2. The maximum atomic E-state index is 14.0. The van der Waals surface area contributed by atoms with Gasteiger partial charge in [0.15, 0.2) is 0 Å². The lowest BCUT2D eigenvalue weighted by Crippen LogP contribution is -2.40. The number of anilines is 2. The number of nitrogens with one attached hydrogen (secondary N) is 1. The maximum Gasteiger partial charge on any atom is 0.243 e. The molecule has 39 heavy (non-hydrogen) atoms. The first kappa shape index (κ1) is 26.9. The van der Waals surface area contributed by atoms with Gasteiger partial charge in [0.2, 0.25) is 16.0 Å². The van der Waals surface area contributed by atoms with E-state index in [4.69, 9.17) is 5.73 Å². The van der Waals surface area contributed by atoms with Crippen molar-refractivity contribution in [2.75, 3.05) is 18.4 Å². The summed E-state index contributed by atoms with van der Waals surface area (Å²) < 4.78 is 55.3. The normalized spacial score (nSPS) is 15.7. The van der Waals surface area contributed by atoms with Crippen molar-refractivity contribution in [3.63, 3.8) is 0 Å². The molecule has 3 N–H and O–H groups in total. The first-order valence-corrected chi connectivity index (χ1v) is 14.1. The Bertz CT molecular complexity index is 1560. The first-order chi connectivity index (χ1) is 18.7. The SMILES string of the molecule is Cc1ccc(-c2ccnc(Nc3ccc(S(=O)(=O)N4CCC([C@@H](N)c5ccc(F)cc5)CC4)cc3)n2)cc1F. The molecule has 3 aromatic carbocycles. The lowest BCUT2D eigenvalue weighted by atomic mass is 9.86. The van der Waals surface area contributed by atoms with Crippen LogP contribution in [0.2, 0.25) is 0 Å². The van der Waals surface area contributed by atoms with Gasteiger partial charge in [-0.25, -0.2) is 27.2 Å². The number of halogens is 2. The standard InChI is InChI=1S/C29H29F2N5O2S/c1-19-2-3-22(18-26(19)31)27-12-15-33-29(35-27)34-24-8-10-25(11-9-24)39(37,38)36-16-13-21(14-17-36)28(32)20-4-6-23(30)7-5-20/h2-12,15,18,21,28H,13-14,16-17,32H2,1H3,(H,33,34,35)/t28-/m0/s1. The van der Waals surface area contributed by atoms with Gasteiger partial charge in [-0.05, 0) is 85.3 Å². The van der Waals surface area contributed by atoms with Crippen LogP contribution >= 0.6 is 0 Å². The molecule has 0 unspecified atom stereocenters. The fraction of sp³-hybridized carbons (Fsp3) is 0.241. The maximum absolute atomic E-state index is 14.0. The van der Waals surface area contributed by atoms with Crippen LogP contribution in [-0.2, 0) is 10.0 Å². The van der Waals surface area contributed by atoms with Crippen molar-refractivity contribution in [1.29, 1.82) is 0 Å². The van der Waals surface area contributed by atoms with Gasteiger partial charge in [-0.1, -0.05) is 24.3 Å². The molecule has 0 bridgehead atoms. The van der Waals surface area contributed by atoms with E-state index >= 15 is 0 Å². The van der Waals surface area contributed by atoms with Gasteiger partial charge in [0, 0.05) is 36.6 Å². The third kappa shape index (κ3) is 5.98. The fourth-order valence-electron chi connectivity index (χ4n) is 4.75. The van der Waals surface area contributed by atoms with E-state index < -0.39 is 10.0 Å². The Labute approximate surface area is 226 Å². The summed E-state index contributed by atoms with van der Waals surface area (Å²) >= 11 is 0. The van der Waals surface area contributed by atoms with Gasteiger partial charge in [0.05, 0.1) is 10.6 Å². The van der Waals surface area contributed by atoms with Crippen LogP contribution in [0.5, 0.6) is 0 Å². The monoisotopic (exact) mass is 549 g/mol. The summed E-state index contributed by atoms with van der Waals surface area (Å²) in [6.45, 7) is 2.42. The van der Waals surface area contributed by atoms with Crippen molar-refractivity contribution in [2.45, 2.75) is 30.7 Å². The summed E-state index contributed by atoms with van der Waals surface area (Å²) in [4.78, 5) is 8.87. The predicted octanol–water partition coefficient (Wildman–Crippen LogP) is 5.57. The lowest BCUT2D eigenvalue weighted by Gasteiger charge is -2.34. The van der Waals surface area contributed by atoms with Crippen molar-refractivity contribution >= 4 is 21.7 Å². The number of aromatic nitrogens is 2. The summed E-state index contributed by atoms with van der Waals surface area (Å²) in [5, 5.41) is 3.07. The number of piperidine rings is 1. The van der Waals surface area contributed by atoms with E-state index in [-0.39, 0.29) is 28.5 Å². The van der Waals surface area contributed by atoms with Crippen molar-refractivity contribution in [1.82, 2.24) is 14.3 Å². The smallest absolute Gasteiger partial charge is 0.243 e. The molecule has 1 saturated heterocycles. The van der Waals surface area contributed by atoms with Gasteiger partial charge in [0.1, 0.15) is 11.6 Å². The minimum absolute atomic E-state index is 0.112. The van der Waals surface area contributed by atoms with Crippen molar-refractivity contribution in [3.8, 4) is 11.3 Å². The highest BCUT2D eigenvalue weighted by Gasteiger charge is 2.32. The second-order valence-electron chi connectivity index (χ2n) is 9.70. The molecule has 0 radical (unpaired) electrons. The number of hydrogen-bond acceptors (Lipinski definition) is 6. The molecule has 1 aromatic heterocycles. The van der Waals surface area contributed by atoms with Crippen LogP contribution in [0.4, 0.5) is 20.4 Å². The van der Waals surface area contributed by atoms with E-state index in [0.717, 1.165) is 5.56 Å². The van der Waals surface area contributed by atoms with Crippen LogP contribution in [0, 0.1) is 24.5 Å². The summed E-state index contributed by atoms with van der Waals surface area (Å²) in [6, 6.07) is 18.9. The number of nitrogens with two attached hydrogens (primary N) is 1. The van der Waals surface area contributed by atoms with Crippen molar-refractivity contribution in [3.05, 3.63) is 102 Å². The molecule has 202 valence electrons. The van der Waals surface area contributed by atoms with Gasteiger partial charge in [-0.15, -0.1) is 0 Å². The molecule has 4 aromatic rings. The molecule has 5 rings (SSSR count). The zero-order valence-corrected chi connectivity index (χ0v) is 22.2. The zero-order chi connectivity index (χ0) is 27.6. The van der Waals surface area contributed by atoms with E-state index in [1.165, 1.54) is 22.5 Å². The average molecular weight is 550 g/mol. The molecule has 1 atom stereocenters. The molecule has 1 aliphatic rings. The average Bonchev–Trinajstić information content (AvgIpc) is 2.95. The number of hydrogen-bond donors (Lipinski definition) is 2. The highest BCUT2D eigenvalue weighted by Crippen LogP contribution is 2.32. The largest absolute Gasteiger partial charge is 0.324 e. The molecule has 10 heteroatoms. The number of nitrogens with zero attached hydrogens (tertiary/aromatic N) is 3. The minimum Gasteiger partial charge on any atom is -0.324 e. The third-order valence-corrected chi connectivity index (χ3v) is 9.05. The minimum atomic E-state index is -3.67. The van der Waals surface area contributed by atoms with Gasteiger partial charge < -0.3 is 11.1 Å². The molecular formula is C29H29F2N5O2S. The van der Waals surface area contributed by atoms with Crippen LogP contribution in [0.1, 0.15) is 30.0 Å². The van der Waals surface area contributed by atoms with Gasteiger partial charge in [-0.3, -0.25) is 0 Å². The molecule has 0 amide bonds. The quantitative estimate of drug-likeness (QED) is 0.312. The summed E-state index contributed by atoms with van der Waals surface area (Å²) in [5.41, 5.74) is 9.61. The predicted molar refractivity (Wildman–Crippen MR) is 147 cm³/mol. The van der Waals surface area contributed by atoms with Gasteiger partial charge in [0.25, 0.3) is 0 Å². The Balaban J connectivity index is 1.23. The Morgan fingerprint density at radius 1 is 0.974 bits per heavy atom. The van der Waals surface area contributed by atoms with E-state index in [1.54, 1.807) is 67.7 Å². The summed E-state index contributed by atoms with van der Waals surface area (Å²) in [7, 11) is -3.67. The summed E-state index contributed by atoms with van der Waals surface area (Å²) in [5.74, 6) is -0.199. The molecule has 1 fully saturated rings. The van der Waals surface area contributed by atoms with Crippen LogP contribution in [0.15, 0.2) is 83.9 Å². The second-order valence-corrected chi connectivity index (χ2v) is 11.6. The Morgan fingerprint density at radius 2 is 1.67 bits per heavy atom. The molecule has 0 spiro atoms.